The summed E-state index contributed by atoms with van der Waals surface area (Å²) in [6.45, 7) is 2.63. The lowest BCUT2D eigenvalue weighted by Gasteiger charge is -2.13. The quantitative estimate of drug-likeness (QED) is 0.606. The van der Waals surface area contributed by atoms with Gasteiger partial charge in [0.25, 0.3) is 0 Å². The minimum Gasteiger partial charge on any atom is -0.392 e. The van der Waals surface area contributed by atoms with Crippen LogP contribution in [0.2, 0.25) is 18.6 Å². The summed E-state index contributed by atoms with van der Waals surface area (Å²) in [5, 5.41) is 8.58. The minimum atomic E-state index is -0.948. The zero-order chi connectivity index (χ0) is 7.45. The van der Waals surface area contributed by atoms with Crippen molar-refractivity contribution in [3.05, 3.63) is 11.8 Å². The highest BCUT2D eigenvalue weighted by Crippen LogP contribution is 2.30. The van der Waals surface area contributed by atoms with Gasteiger partial charge in [0, 0.05) is 0 Å². The topological polar surface area (TPSA) is 20.2 Å². The fourth-order valence-electron chi connectivity index (χ4n) is 1.69. The van der Waals surface area contributed by atoms with E-state index in [0.29, 0.717) is 0 Å². The van der Waals surface area contributed by atoms with Crippen LogP contribution in [0.4, 0.5) is 0 Å². The lowest BCUT2D eigenvalue weighted by Crippen LogP contribution is -2.21. The number of hydrogen-bond donors (Lipinski definition) is 1. The number of hydrogen-bond acceptors (Lipinski definition) is 1. The highest BCUT2D eigenvalue weighted by Gasteiger charge is 2.27. The second-order valence-electron chi connectivity index (χ2n) is 3.45. The van der Waals surface area contributed by atoms with Gasteiger partial charge in [0.2, 0.25) is 0 Å². The molecule has 0 spiro atoms. The minimum absolute atomic E-state index is 0.225. The molecule has 10 heavy (non-hydrogen) atoms. The van der Waals surface area contributed by atoms with Crippen LogP contribution in [0.3, 0.4) is 0 Å². The zero-order valence-corrected chi connectivity index (χ0v) is 7.64. The number of rotatable bonds is 2. The molecule has 58 valence electrons. The van der Waals surface area contributed by atoms with Crippen molar-refractivity contribution >= 4 is 8.07 Å². The van der Waals surface area contributed by atoms with Crippen molar-refractivity contribution in [2.24, 2.45) is 0 Å². The SMILES string of the molecule is C[Si]1(/C=C/CO)CCCC1. The first-order valence-corrected chi connectivity index (χ1v) is 7.05. The van der Waals surface area contributed by atoms with Crippen LogP contribution in [0.15, 0.2) is 11.8 Å². The van der Waals surface area contributed by atoms with Crippen LogP contribution in [-0.2, 0) is 0 Å². The van der Waals surface area contributed by atoms with Crippen LogP contribution in [0.25, 0.3) is 0 Å². The van der Waals surface area contributed by atoms with E-state index >= 15 is 0 Å². The Morgan fingerprint density at radius 2 is 2.00 bits per heavy atom. The summed E-state index contributed by atoms with van der Waals surface area (Å²) in [6, 6.07) is 2.87. The summed E-state index contributed by atoms with van der Waals surface area (Å²) < 4.78 is 0. The molecule has 0 bridgehead atoms. The van der Waals surface area contributed by atoms with Crippen LogP contribution < -0.4 is 0 Å². The molecule has 0 unspecified atom stereocenters. The fourth-order valence-corrected chi connectivity index (χ4v) is 5.06. The average molecular weight is 156 g/mol. The molecule has 1 saturated heterocycles. The first-order valence-electron chi connectivity index (χ1n) is 4.05. The maximum absolute atomic E-state index is 8.58. The first kappa shape index (κ1) is 8.02. The molecule has 0 amide bonds. The van der Waals surface area contributed by atoms with Gasteiger partial charge < -0.3 is 5.11 Å². The van der Waals surface area contributed by atoms with E-state index in [1.165, 1.54) is 24.9 Å². The number of aliphatic hydroxyl groups excluding tert-OH is 1. The largest absolute Gasteiger partial charge is 0.392 e. The van der Waals surface area contributed by atoms with Crippen LogP contribution in [0, 0.1) is 0 Å². The van der Waals surface area contributed by atoms with Gasteiger partial charge in [0.1, 0.15) is 0 Å². The van der Waals surface area contributed by atoms with Crippen molar-refractivity contribution in [1.82, 2.24) is 0 Å². The van der Waals surface area contributed by atoms with Crippen molar-refractivity contribution in [3.8, 4) is 0 Å². The van der Waals surface area contributed by atoms with Gasteiger partial charge in [0.15, 0.2) is 0 Å². The normalized spacial score (nSPS) is 24.2. The van der Waals surface area contributed by atoms with Crippen LogP contribution in [-0.4, -0.2) is 19.8 Å². The Labute approximate surface area is 63.8 Å². The van der Waals surface area contributed by atoms with Crippen LogP contribution in [0.5, 0.6) is 0 Å². The fraction of sp³-hybridized carbons (Fsp3) is 0.750. The summed E-state index contributed by atoms with van der Waals surface area (Å²) >= 11 is 0. The summed E-state index contributed by atoms with van der Waals surface area (Å²) in [4.78, 5) is 0. The lowest BCUT2D eigenvalue weighted by atomic mass is 10.4. The van der Waals surface area contributed by atoms with E-state index in [4.69, 9.17) is 5.11 Å². The zero-order valence-electron chi connectivity index (χ0n) is 6.64. The molecule has 0 atom stereocenters. The molecule has 0 aromatic carbocycles. The van der Waals surface area contributed by atoms with Crippen molar-refractivity contribution in [2.45, 2.75) is 31.5 Å². The Hall–Kier alpha value is -0.0831. The second-order valence-corrected chi connectivity index (χ2v) is 8.09. The van der Waals surface area contributed by atoms with Crippen molar-refractivity contribution in [1.29, 1.82) is 0 Å². The molecule has 0 saturated carbocycles. The van der Waals surface area contributed by atoms with E-state index in [-0.39, 0.29) is 6.61 Å². The third kappa shape index (κ3) is 1.96. The summed E-state index contributed by atoms with van der Waals surface area (Å²) in [6.07, 6.45) is 4.76. The van der Waals surface area contributed by atoms with Gasteiger partial charge in [-0.15, -0.1) is 0 Å². The third-order valence-corrected chi connectivity index (χ3v) is 6.40. The van der Waals surface area contributed by atoms with E-state index in [1.54, 1.807) is 0 Å². The van der Waals surface area contributed by atoms with E-state index < -0.39 is 8.07 Å². The summed E-state index contributed by atoms with van der Waals surface area (Å²) in [5.41, 5.74) is 2.31. The van der Waals surface area contributed by atoms with Gasteiger partial charge in [-0.1, -0.05) is 43.3 Å². The molecule has 1 heterocycles. The van der Waals surface area contributed by atoms with Crippen molar-refractivity contribution < 1.29 is 5.11 Å². The predicted octanol–water partition coefficient (Wildman–Crippen LogP) is 1.95. The maximum Gasteiger partial charge on any atom is 0.0744 e. The van der Waals surface area contributed by atoms with Gasteiger partial charge >= 0.3 is 0 Å². The van der Waals surface area contributed by atoms with Crippen LogP contribution >= 0.6 is 0 Å². The Bertz CT molecular complexity index is 125. The van der Waals surface area contributed by atoms with Crippen LogP contribution in [0.1, 0.15) is 12.8 Å². The van der Waals surface area contributed by atoms with Crippen molar-refractivity contribution in [3.63, 3.8) is 0 Å². The molecule has 1 N–H and O–H groups in total. The van der Waals surface area contributed by atoms with E-state index in [2.05, 4.69) is 12.2 Å². The summed E-state index contributed by atoms with van der Waals surface area (Å²) in [5.74, 6) is 0. The highest BCUT2D eigenvalue weighted by molar-refractivity contribution is 6.83. The monoisotopic (exact) mass is 156 g/mol. The van der Waals surface area contributed by atoms with Gasteiger partial charge in [-0.05, 0) is 0 Å². The summed E-state index contributed by atoms with van der Waals surface area (Å²) in [7, 11) is -0.948. The molecule has 1 aliphatic rings. The molecule has 1 rings (SSSR count). The standard InChI is InChI=1S/C8H16OSi/c1-10(8-4-5-9)6-2-3-7-10/h4,8-9H,2-3,5-7H2,1H3/b8-4+. The van der Waals surface area contributed by atoms with Gasteiger partial charge in [-0.25, -0.2) is 0 Å². The molecule has 2 heteroatoms. The van der Waals surface area contributed by atoms with E-state index in [0.717, 1.165) is 0 Å². The van der Waals surface area contributed by atoms with Crippen molar-refractivity contribution in [2.75, 3.05) is 6.61 Å². The van der Waals surface area contributed by atoms with E-state index in [1.807, 2.05) is 6.08 Å². The Balaban J connectivity index is 2.43. The van der Waals surface area contributed by atoms with Gasteiger partial charge in [0.05, 0.1) is 14.7 Å². The molecular formula is C8H16OSi. The third-order valence-electron chi connectivity index (χ3n) is 2.37. The van der Waals surface area contributed by atoms with Gasteiger partial charge in [-0.2, -0.15) is 0 Å². The molecule has 1 aliphatic heterocycles. The molecule has 0 aromatic heterocycles. The smallest absolute Gasteiger partial charge is 0.0744 e. The molecule has 1 nitrogen and oxygen atoms in total. The highest BCUT2D eigenvalue weighted by atomic mass is 28.3. The Morgan fingerprint density at radius 3 is 2.50 bits per heavy atom. The molecule has 0 aliphatic carbocycles. The maximum atomic E-state index is 8.58. The molecule has 0 radical (unpaired) electrons. The lowest BCUT2D eigenvalue weighted by molar-refractivity contribution is 0.343. The van der Waals surface area contributed by atoms with Gasteiger partial charge in [-0.3, -0.25) is 0 Å². The predicted molar refractivity (Wildman–Crippen MR) is 46.7 cm³/mol. The average Bonchev–Trinajstić information content (AvgIpc) is 2.33. The van der Waals surface area contributed by atoms with E-state index in [9.17, 15) is 0 Å². The molecule has 0 aromatic rings. The molecule has 1 fully saturated rings. The Morgan fingerprint density at radius 1 is 1.40 bits per heavy atom. The first-order chi connectivity index (χ1) is 4.77. The molecular weight excluding hydrogens is 140 g/mol. The Kier molecular flexibility index (Phi) is 2.69. The second kappa shape index (κ2) is 3.35. The number of aliphatic hydroxyl groups is 1.